The SMILES string of the molecule is N#Cc1ncccc1COc1cncc(C#CCN)c1. The molecule has 0 unspecified atom stereocenters. The maximum absolute atomic E-state index is 8.95. The van der Waals surface area contributed by atoms with Gasteiger partial charge in [0.2, 0.25) is 0 Å². The Kier molecular flexibility index (Phi) is 4.66. The van der Waals surface area contributed by atoms with Crippen LogP contribution in [-0.4, -0.2) is 16.5 Å². The molecule has 0 amide bonds. The first kappa shape index (κ1) is 13.5. The quantitative estimate of drug-likeness (QED) is 0.843. The van der Waals surface area contributed by atoms with E-state index < -0.39 is 0 Å². The van der Waals surface area contributed by atoms with E-state index in [0.717, 1.165) is 11.1 Å². The van der Waals surface area contributed by atoms with Crippen molar-refractivity contribution in [3.8, 4) is 23.7 Å². The van der Waals surface area contributed by atoms with Crippen LogP contribution in [0.3, 0.4) is 0 Å². The summed E-state index contributed by atoms with van der Waals surface area (Å²) in [4.78, 5) is 8.02. The van der Waals surface area contributed by atoms with Gasteiger partial charge in [-0.2, -0.15) is 5.26 Å². The second-order valence-corrected chi connectivity index (χ2v) is 3.83. The van der Waals surface area contributed by atoms with E-state index in [1.807, 2.05) is 6.07 Å². The van der Waals surface area contributed by atoms with Crippen molar-refractivity contribution in [2.45, 2.75) is 6.61 Å². The van der Waals surface area contributed by atoms with Crippen molar-refractivity contribution in [3.63, 3.8) is 0 Å². The Balaban J connectivity index is 2.09. The van der Waals surface area contributed by atoms with E-state index in [1.165, 1.54) is 0 Å². The van der Waals surface area contributed by atoms with Crippen LogP contribution < -0.4 is 10.5 Å². The summed E-state index contributed by atoms with van der Waals surface area (Å²) in [5.41, 5.74) is 7.14. The van der Waals surface area contributed by atoms with Gasteiger partial charge in [-0.15, -0.1) is 0 Å². The summed E-state index contributed by atoms with van der Waals surface area (Å²) < 4.78 is 5.60. The molecule has 0 spiro atoms. The smallest absolute Gasteiger partial charge is 0.147 e. The molecule has 0 radical (unpaired) electrons. The van der Waals surface area contributed by atoms with Gasteiger partial charge >= 0.3 is 0 Å². The number of hydrogen-bond donors (Lipinski definition) is 1. The van der Waals surface area contributed by atoms with Crippen LogP contribution in [0.4, 0.5) is 0 Å². The van der Waals surface area contributed by atoms with Crippen molar-refractivity contribution >= 4 is 0 Å². The second kappa shape index (κ2) is 6.89. The van der Waals surface area contributed by atoms with Crippen molar-refractivity contribution in [1.29, 1.82) is 5.26 Å². The molecule has 0 atom stereocenters. The minimum Gasteiger partial charge on any atom is -0.487 e. The molecule has 20 heavy (non-hydrogen) atoms. The number of hydrogen-bond acceptors (Lipinski definition) is 5. The highest BCUT2D eigenvalue weighted by Gasteiger charge is 2.03. The van der Waals surface area contributed by atoms with Crippen LogP contribution >= 0.6 is 0 Å². The van der Waals surface area contributed by atoms with Crippen molar-refractivity contribution in [2.24, 2.45) is 5.73 Å². The van der Waals surface area contributed by atoms with Crippen molar-refractivity contribution in [2.75, 3.05) is 6.54 Å². The fraction of sp³-hybridized carbons (Fsp3) is 0.133. The third-order valence-electron chi connectivity index (χ3n) is 2.44. The van der Waals surface area contributed by atoms with Crippen LogP contribution in [0, 0.1) is 23.2 Å². The van der Waals surface area contributed by atoms with E-state index in [-0.39, 0.29) is 6.61 Å². The normalized spacial score (nSPS) is 9.20. The predicted octanol–water partition coefficient (Wildman–Crippen LogP) is 1.24. The molecule has 0 bridgehead atoms. The molecule has 0 fully saturated rings. The molecule has 0 aliphatic rings. The van der Waals surface area contributed by atoms with Gasteiger partial charge in [0.1, 0.15) is 24.1 Å². The predicted molar refractivity (Wildman–Crippen MR) is 73.5 cm³/mol. The van der Waals surface area contributed by atoms with Crippen LogP contribution in [-0.2, 0) is 6.61 Å². The maximum atomic E-state index is 8.95. The van der Waals surface area contributed by atoms with Gasteiger partial charge in [-0.3, -0.25) is 4.98 Å². The van der Waals surface area contributed by atoms with Crippen molar-refractivity contribution < 1.29 is 4.74 Å². The minimum absolute atomic E-state index is 0.256. The molecule has 0 saturated heterocycles. The second-order valence-electron chi connectivity index (χ2n) is 3.83. The molecular formula is C15H12N4O. The van der Waals surface area contributed by atoms with Crippen molar-refractivity contribution in [3.05, 3.63) is 53.6 Å². The van der Waals surface area contributed by atoms with Gasteiger partial charge < -0.3 is 10.5 Å². The van der Waals surface area contributed by atoms with E-state index >= 15 is 0 Å². The fourth-order valence-corrected chi connectivity index (χ4v) is 1.54. The molecule has 0 saturated carbocycles. The van der Waals surface area contributed by atoms with Gasteiger partial charge in [0, 0.05) is 23.5 Å². The zero-order valence-electron chi connectivity index (χ0n) is 10.7. The lowest BCUT2D eigenvalue weighted by Crippen LogP contribution is -2.00. The minimum atomic E-state index is 0.256. The van der Waals surface area contributed by atoms with Crippen LogP contribution in [0.25, 0.3) is 0 Å². The van der Waals surface area contributed by atoms with E-state index in [4.69, 9.17) is 15.7 Å². The van der Waals surface area contributed by atoms with Crippen LogP contribution in [0.1, 0.15) is 16.8 Å². The fourth-order valence-electron chi connectivity index (χ4n) is 1.54. The first-order valence-corrected chi connectivity index (χ1v) is 5.94. The number of ether oxygens (including phenoxy) is 1. The Morgan fingerprint density at radius 1 is 1.35 bits per heavy atom. The lowest BCUT2D eigenvalue weighted by molar-refractivity contribution is 0.304. The van der Waals surface area contributed by atoms with Crippen LogP contribution in [0.15, 0.2) is 36.8 Å². The molecule has 0 aromatic carbocycles. The van der Waals surface area contributed by atoms with Crippen LogP contribution in [0.2, 0.25) is 0 Å². The van der Waals surface area contributed by atoms with E-state index in [1.54, 1.807) is 36.8 Å². The number of nitrogens with zero attached hydrogens (tertiary/aromatic N) is 3. The number of aromatic nitrogens is 2. The average Bonchev–Trinajstić information content (AvgIpc) is 2.51. The molecule has 2 aromatic heterocycles. The molecule has 0 aliphatic carbocycles. The van der Waals surface area contributed by atoms with Crippen molar-refractivity contribution in [1.82, 2.24) is 9.97 Å². The Morgan fingerprint density at radius 2 is 2.25 bits per heavy atom. The Bertz CT molecular complexity index is 695. The van der Waals surface area contributed by atoms with Gasteiger partial charge in [-0.1, -0.05) is 17.9 Å². The molecule has 2 aromatic rings. The first-order chi connectivity index (χ1) is 9.83. The largest absolute Gasteiger partial charge is 0.487 e. The lowest BCUT2D eigenvalue weighted by Gasteiger charge is -2.06. The molecule has 5 heteroatoms. The molecule has 0 aliphatic heterocycles. The third-order valence-corrected chi connectivity index (χ3v) is 2.44. The van der Waals surface area contributed by atoms with Gasteiger partial charge in [-0.25, -0.2) is 4.98 Å². The van der Waals surface area contributed by atoms with Gasteiger partial charge in [-0.05, 0) is 12.1 Å². The van der Waals surface area contributed by atoms with Crippen LogP contribution in [0.5, 0.6) is 5.75 Å². The standard InChI is InChI=1S/C15H12N4O/c16-5-1-3-12-7-14(10-18-9-12)20-11-13-4-2-6-19-15(13)8-17/h2,4,6-7,9-10H,5,11,16H2. The molecule has 2 rings (SSSR count). The zero-order chi connectivity index (χ0) is 14.2. The summed E-state index contributed by atoms with van der Waals surface area (Å²) in [7, 11) is 0. The summed E-state index contributed by atoms with van der Waals surface area (Å²) in [6.45, 7) is 0.554. The summed E-state index contributed by atoms with van der Waals surface area (Å²) >= 11 is 0. The topological polar surface area (TPSA) is 84.8 Å². The summed E-state index contributed by atoms with van der Waals surface area (Å²) in [5, 5.41) is 8.95. The Labute approximate surface area is 117 Å². The molecule has 2 heterocycles. The highest BCUT2D eigenvalue weighted by Crippen LogP contribution is 2.14. The van der Waals surface area contributed by atoms with E-state index in [0.29, 0.717) is 18.0 Å². The highest BCUT2D eigenvalue weighted by molar-refractivity contribution is 5.37. The zero-order valence-corrected chi connectivity index (χ0v) is 10.7. The first-order valence-electron chi connectivity index (χ1n) is 5.94. The third kappa shape index (κ3) is 3.55. The summed E-state index contributed by atoms with van der Waals surface area (Å²) in [6, 6.07) is 7.37. The number of nitriles is 1. The monoisotopic (exact) mass is 264 g/mol. The summed E-state index contributed by atoms with van der Waals surface area (Å²) in [5.74, 6) is 6.22. The molecule has 5 nitrogen and oxygen atoms in total. The molecule has 98 valence electrons. The number of nitrogens with two attached hydrogens (primary N) is 1. The van der Waals surface area contributed by atoms with E-state index in [2.05, 4.69) is 21.8 Å². The average molecular weight is 264 g/mol. The van der Waals surface area contributed by atoms with Gasteiger partial charge in [0.15, 0.2) is 0 Å². The Morgan fingerprint density at radius 3 is 3.05 bits per heavy atom. The number of pyridine rings is 2. The summed E-state index contributed by atoms with van der Waals surface area (Å²) in [6.07, 6.45) is 4.81. The number of rotatable bonds is 3. The highest BCUT2D eigenvalue weighted by atomic mass is 16.5. The van der Waals surface area contributed by atoms with E-state index in [9.17, 15) is 0 Å². The lowest BCUT2D eigenvalue weighted by atomic mass is 10.2. The van der Waals surface area contributed by atoms with Gasteiger partial charge in [0.05, 0.1) is 12.7 Å². The maximum Gasteiger partial charge on any atom is 0.147 e. The molecule has 2 N–H and O–H groups in total. The van der Waals surface area contributed by atoms with Gasteiger partial charge in [0.25, 0.3) is 0 Å². The molecular weight excluding hydrogens is 252 g/mol. The Hall–Kier alpha value is -2.89.